The van der Waals surface area contributed by atoms with Crippen LogP contribution in [0.5, 0.6) is 0 Å². The Morgan fingerprint density at radius 3 is 2.58 bits per heavy atom. The zero-order valence-corrected chi connectivity index (χ0v) is 14.3. The number of carbonyl (C=O) groups is 1. The Morgan fingerprint density at radius 1 is 1.00 bits per heavy atom. The molecule has 1 fully saturated rings. The predicted octanol–water partition coefficient (Wildman–Crippen LogP) is 3.97. The normalized spacial score (nSPS) is 20.3. The van der Waals surface area contributed by atoms with Crippen LogP contribution in [0, 0.1) is 5.82 Å². The first-order valence-electron chi connectivity index (χ1n) is 8.83. The lowest BCUT2D eigenvalue weighted by atomic mass is 9.86. The van der Waals surface area contributed by atoms with Gasteiger partial charge in [-0.25, -0.2) is 4.39 Å². The average molecular weight is 349 g/mol. The number of halogens is 1. The number of β-amino-alcohol motifs (C(OH)–C–C–N with tert-alkyl or cyclic N) is 1. The van der Waals surface area contributed by atoms with Gasteiger partial charge in [0, 0.05) is 24.6 Å². The summed E-state index contributed by atoms with van der Waals surface area (Å²) >= 11 is 0. The molecular weight excluding hydrogens is 329 g/mol. The lowest BCUT2D eigenvalue weighted by Crippen LogP contribution is -2.45. The van der Waals surface area contributed by atoms with Crippen molar-refractivity contribution < 1.29 is 14.3 Å². The second-order valence-electron chi connectivity index (χ2n) is 6.83. The molecular formula is C22H20FNO2. The van der Waals surface area contributed by atoms with E-state index in [1.165, 1.54) is 23.6 Å². The maximum Gasteiger partial charge on any atom is 0.254 e. The van der Waals surface area contributed by atoms with Crippen LogP contribution >= 0.6 is 0 Å². The quantitative estimate of drug-likeness (QED) is 0.760. The first-order chi connectivity index (χ1) is 12.6. The largest absolute Gasteiger partial charge is 0.391 e. The number of amides is 1. The van der Waals surface area contributed by atoms with Crippen LogP contribution in [0.15, 0.2) is 66.7 Å². The molecule has 26 heavy (non-hydrogen) atoms. The third-order valence-corrected chi connectivity index (χ3v) is 5.14. The monoisotopic (exact) mass is 349 g/mol. The SMILES string of the molecule is O=C(c1cccc(F)c1)N1CCC(c2ccc3ccccc3c2)C(O)C1. The summed E-state index contributed by atoms with van der Waals surface area (Å²) in [7, 11) is 0. The molecule has 0 aliphatic carbocycles. The predicted molar refractivity (Wildman–Crippen MR) is 99.6 cm³/mol. The van der Waals surface area contributed by atoms with Gasteiger partial charge in [-0.1, -0.05) is 48.5 Å². The lowest BCUT2D eigenvalue weighted by Gasteiger charge is -2.36. The third-order valence-electron chi connectivity index (χ3n) is 5.14. The molecule has 3 aromatic rings. The molecule has 4 rings (SSSR count). The van der Waals surface area contributed by atoms with Gasteiger partial charge in [0.1, 0.15) is 5.82 Å². The highest BCUT2D eigenvalue weighted by atomic mass is 19.1. The molecule has 1 N–H and O–H groups in total. The first kappa shape index (κ1) is 16.7. The summed E-state index contributed by atoms with van der Waals surface area (Å²) in [6.45, 7) is 0.802. The maximum absolute atomic E-state index is 13.4. The van der Waals surface area contributed by atoms with Gasteiger partial charge in [-0.3, -0.25) is 4.79 Å². The van der Waals surface area contributed by atoms with Crippen LogP contribution in [0.1, 0.15) is 28.3 Å². The minimum absolute atomic E-state index is 0.00355. The molecule has 1 heterocycles. The van der Waals surface area contributed by atoms with Crippen molar-refractivity contribution in [2.24, 2.45) is 0 Å². The second-order valence-corrected chi connectivity index (χ2v) is 6.83. The van der Waals surface area contributed by atoms with Crippen LogP contribution in [0.3, 0.4) is 0 Å². The van der Waals surface area contributed by atoms with Crippen LogP contribution in [0.4, 0.5) is 4.39 Å². The number of carbonyl (C=O) groups excluding carboxylic acids is 1. The molecule has 1 aliphatic rings. The van der Waals surface area contributed by atoms with E-state index < -0.39 is 11.9 Å². The van der Waals surface area contributed by atoms with E-state index in [0.717, 1.165) is 10.9 Å². The molecule has 1 aliphatic heterocycles. The van der Waals surface area contributed by atoms with Gasteiger partial charge in [0.25, 0.3) is 5.91 Å². The fourth-order valence-electron chi connectivity index (χ4n) is 3.75. The first-order valence-corrected chi connectivity index (χ1v) is 8.83. The zero-order valence-electron chi connectivity index (χ0n) is 14.3. The number of piperidine rings is 1. The van der Waals surface area contributed by atoms with Crippen LogP contribution in [0.25, 0.3) is 10.8 Å². The molecule has 0 bridgehead atoms. The molecule has 0 spiro atoms. The van der Waals surface area contributed by atoms with E-state index in [1.54, 1.807) is 11.0 Å². The Labute approximate surface area is 151 Å². The van der Waals surface area contributed by atoms with Crippen molar-refractivity contribution in [1.82, 2.24) is 4.90 Å². The van der Waals surface area contributed by atoms with Gasteiger partial charge in [0.2, 0.25) is 0 Å². The Hall–Kier alpha value is -2.72. The van der Waals surface area contributed by atoms with E-state index in [-0.39, 0.29) is 18.4 Å². The number of rotatable bonds is 2. The number of nitrogens with zero attached hydrogens (tertiary/aromatic N) is 1. The van der Waals surface area contributed by atoms with Gasteiger partial charge in [0.05, 0.1) is 6.10 Å². The van der Waals surface area contributed by atoms with Crippen molar-refractivity contribution in [3.63, 3.8) is 0 Å². The van der Waals surface area contributed by atoms with Crippen molar-refractivity contribution in [2.45, 2.75) is 18.4 Å². The molecule has 4 heteroatoms. The molecule has 0 aromatic heterocycles. The molecule has 2 unspecified atom stereocenters. The van der Waals surface area contributed by atoms with Crippen molar-refractivity contribution in [3.05, 3.63) is 83.7 Å². The molecule has 132 valence electrons. The van der Waals surface area contributed by atoms with Gasteiger partial charge in [-0.2, -0.15) is 0 Å². The summed E-state index contributed by atoms with van der Waals surface area (Å²) in [4.78, 5) is 14.2. The molecule has 3 nitrogen and oxygen atoms in total. The minimum atomic E-state index is -0.637. The number of benzene rings is 3. The number of hydrogen-bond acceptors (Lipinski definition) is 2. The second kappa shape index (κ2) is 6.89. The molecule has 3 aromatic carbocycles. The Kier molecular flexibility index (Phi) is 4.43. The van der Waals surface area contributed by atoms with Crippen molar-refractivity contribution >= 4 is 16.7 Å². The molecule has 1 saturated heterocycles. The summed E-state index contributed by atoms with van der Waals surface area (Å²) in [5.41, 5.74) is 1.41. The highest BCUT2D eigenvalue weighted by Crippen LogP contribution is 2.31. The van der Waals surface area contributed by atoms with Crippen LogP contribution < -0.4 is 0 Å². The lowest BCUT2D eigenvalue weighted by molar-refractivity contribution is 0.0382. The standard InChI is InChI=1S/C22H20FNO2/c23-19-7-3-6-18(13-19)22(26)24-11-10-20(21(25)14-24)17-9-8-15-4-1-2-5-16(15)12-17/h1-9,12-13,20-21,25H,10-11,14H2. The van der Waals surface area contributed by atoms with Gasteiger partial charge in [0.15, 0.2) is 0 Å². The highest BCUT2D eigenvalue weighted by Gasteiger charge is 2.31. The maximum atomic E-state index is 13.4. The summed E-state index contributed by atoms with van der Waals surface area (Å²) in [5.74, 6) is -0.667. The van der Waals surface area contributed by atoms with Gasteiger partial charge in [-0.05, 0) is 41.0 Å². The fraction of sp³-hybridized carbons (Fsp3) is 0.227. The number of hydrogen-bond donors (Lipinski definition) is 1. The summed E-state index contributed by atoms with van der Waals surface area (Å²) in [6, 6.07) is 20.1. The van der Waals surface area contributed by atoms with Crippen LogP contribution in [-0.4, -0.2) is 35.1 Å². The van der Waals surface area contributed by atoms with E-state index >= 15 is 0 Å². The summed E-state index contributed by atoms with van der Waals surface area (Å²) in [5, 5.41) is 13.0. The smallest absolute Gasteiger partial charge is 0.254 e. The van der Waals surface area contributed by atoms with Gasteiger partial charge in [-0.15, -0.1) is 0 Å². The summed E-state index contributed by atoms with van der Waals surface area (Å²) in [6.07, 6.45) is 0.0445. The Morgan fingerprint density at radius 2 is 1.81 bits per heavy atom. The van der Waals surface area contributed by atoms with E-state index in [2.05, 4.69) is 30.3 Å². The van der Waals surface area contributed by atoms with E-state index in [4.69, 9.17) is 0 Å². The highest BCUT2D eigenvalue weighted by molar-refractivity contribution is 5.94. The van der Waals surface area contributed by atoms with E-state index in [1.807, 2.05) is 12.1 Å². The van der Waals surface area contributed by atoms with Crippen LogP contribution in [0.2, 0.25) is 0 Å². The number of likely N-dealkylation sites (tertiary alicyclic amines) is 1. The van der Waals surface area contributed by atoms with Crippen molar-refractivity contribution in [3.8, 4) is 0 Å². The average Bonchev–Trinajstić information content (AvgIpc) is 2.67. The summed E-state index contributed by atoms with van der Waals surface area (Å²) < 4.78 is 13.4. The van der Waals surface area contributed by atoms with E-state index in [0.29, 0.717) is 18.5 Å². The fourth-order valence-corrected chi connectivity index (χ4v) is 3.75. The minimum Gasteiger partial charge on any atom is -0.391 e. The third kappa shape index (κ3) is 3.20. The topological polar surface area (TPSA) is 40.5 Å². The van der Waals surface area contributed by atoms with Crippen LogP contribution in [-0.2, 0) is 0 Å². The molecule has 0 saturated carbocycles. The van der Waals surface area contributed by atoms with Crippen molar-refractivity contribution in [1.29, 1.82) is 0 Å². The molecule has 2 atom stereocenters. The van der Waals surface area contributed by atoms with Crippen molar-refractivity contribution in [2.75, 3.05) is 13.1 Å². The number of aliphatic hydroxyl groups excluding tert-OH is 1. The Bertz CT molecular complexity index is 956. The zero-order chi connectivity index (χ0) is 18.1. The molecule has 0 radical (unpaired) electrons. The van der Waals surface area contributed by atoms with E-state index in [9.17, 15) is 14.3 Å². The number of fused-ring (bicyclic) bond motifs is 1. The van der Waals surface area contributed by atoms with Gasteiger partial charge < -0.3 is 10.0 Å². The Balaban J connectivity index is 1.51. The van der Waals surface area contributed by atoms with Gasteiger partial charge >= 0.3 is 0 Å². The number of aliphatic hydroxyl groups is 1. The molecule has 1 amide bonds.